The van der Waals surface area contributed by atoms with Crippen molar-refractivity contribution in [3.63, 3.8) is 0 Å². The molecule has 1 aliphatic rings. The number of amides is 1. The molecule has 1 amide bonds. The largest absolute Gasteiger partial charge is 0.508 e. The zero-order valence-corrected chi connectivity index (χ0v) is 13.0. The van der Waals surface area contributed by atoms with Crippen molar-refractivity contribution in [2.45, 2.75) is 0 Å². The van der Waals surface area contributed by atoms with E-state index in [2.05, 4.69) is 10.2 Å². The number of piperazine rings is 1. The van der Waals surface area contributed by atoms with Gasteiger partial charge in [0.05, 0.1) is 6.54 Å². The first-order valence-corrected chi connectivity index (χ1v) is 7.83. The molecule has 2 aromatic carbocycles. The lowest BCUT2D eigenvalue weighted by atomic mass is 10.2. The zero-order chi connectivity index (χ0) is 16.1. The van der Waals surface area contributed by atoms with Crippen LogP contribution in [0.4, 0.5) is 11.4 Å². The minimum atomic E-state index is 0.124. The Balaban J connectivity index is 1.48. The summed E-state index contributed by atoms with van der Waals surface area (Å²) in [4.78, 5) is 16.4. The van der Waals surface area contributed by atoms with Crippen LogP contribution in [0.25, 0.3) is 0 Å². The number of carbonyl (C=O) groups excluding carboxylic acids is 1. The van der Waals surface area contributed by atoms with Crippen LogP contribution in [0.3, 0.4) is 0 Å². The number of anilines is 2. The van der Waals surface area contributed by atoms with E-state index in [1.807, 2.05) is 47.4 Å². The quantitative estimate of drug-likeness (QED) is 0.908. The minimum absolute atomic E-state index is 0.124. The number of nitrogens with zero attached hydrogens (tertiary/aromatic N) is 2. The van der Waals surface area contributed by atoms with Crippen LogP contribution in [0.15, 0.2) is 54.6 Å². The molecular formula is C18H21N3O2. The standard InChI is InChI=1S/C18H21N3O2/c22-17-8-6-16(7-9-17)20-10-12-21(13-11-20)18(23)14-19-15-4-2-1-3-5-15/h1-9,19,22H,10-14H2. The normalized spacial score (nSPS) is 14.6. The summed E-state index contributed by atoms with van der Waals surface area (Å²) < 4.78 is 0. The summed E-state index contributed by atoms with van der Waals surface area (Å²) >= 11 is 0. The maximum Gasteiger partial charge on any atom is 0.241 e. The Morgan fingerprint density at radius 3 is 2.26 bits per heavy atom. The molecule has 0 spiro atoms. The zero-order valence-electron chi connectivity index (χ0n) is 13.0. The molecule has 2 aromatic rings. The first kappa shape index (κ1) is 15.2. The molecule has 5 heteroatoms. The van der Waals surface area contributed by atoms with Crippen molar-refractivity contribution in [2.75, 3.05) is 42.9 Å². The lowest BCUT2D eigenvalue weighted by molar-refractivity contribution is -0.129. The van der Waals surface area contributed by atoms with E-state index in [0.29, 0.717) is 6.54 Å². The molecule has 0 radical (unpaired) electrons. The first-order valence-electron chi connectivity index (χ1n) is 7.83. The fourth-order valence-corrected chi connectivity index (χ4v) is 2.72. The van der Waals surface area contributed by atoms with E-state index in [0.717, 1.165) is 37.6 Å². The number of phenols is 1. The third kappa shape index (κ3) is 3.94. The molecule has 2 N–H and O–H groups in total. The molecule has 0 saturated carbocycles. The Bertz CT molecular complexity index is 635. The number of benzene rings is 2. The van der Waals surface area contributed by atoms with Gasteiger partial charge in [0.1, 0.15) is 5.75 Å². The number of carbonyl (C=O) groups is 1. The minimum Gasteiger partial charge on any atom is -0.508 e. The summed E-state index contributed by atoms with van der Waals surface area (Å²) in [7, 11) is 0. The number of rotatable bonds is 4. The van der Waals surface area contributed by atoms with Crippen molar-refractivity contribution in [2.24, 2.45) is 0 Å². The molecule has 23 heavy (non-hydrogen) atoms. The van der Waals surface area contributed by atoms with E-state index in [-0.39, 0.29) is 11.7 Å². The van der Waals surface area contributed by atoms with Gasteiger partial charge in [-0.15, -0.1) is 0 Å². The maximum atomic E-state index is 12.3. The SMILES string of the molecule is O=C(CNc1ccccc1)N1CCN(c2ccc(O)cc2)CC1. The van der Waals surface area contributed by atoms with Crippen molar-refractivity contribution in [3.05, 3.63) is 54.6 Å². The van der Waals surface area contributed by atoms with Gasteiger partial charge >= 0.3 is 0 Å². The molecule has 0 atom stereocenters. The van der Waals surface area contributed by atoms with Crippen LogP contribution >= 0.6 is 0 Å². The smallest absolute Gasteiger partial charge is 0.241 e. The highest BCUT2D eigenvalue weighted by molar-refractivity contribution is 5.81. The van der Waals surface area contributed by atoms with Crippen molar-refractivity contribution < 1.29 is 9.90 Å². The molecule has 0 aromatic heterocycles. The van der Waals surface area contributed by atoms with E-state index >= 15 is 0 Å². The predicted octanol–water partition coefficient (Wildman–Crippen LogP) is 2.15. The molecule has 1 heterocycles. The third-order valence-electron chi connectivity index (χ3n) is 4.06. The Morgan fingerprint density at radius 2 is 1.61 bits per heavy atom. The van der Waals surface area contributed by atoms with Crippen molar-refractivity contribution >= 4 is 17.3 Å². The average Bonchev–Trinajstić information content (AvgIpc) is 2.61. The number of hydrogen-bond donors (Lipinski definition) is 2. The lowest BCUT2D eigenvalue weighted by Crippen LogP contribution is -2.50. The van der Waals surface area contributed by atoms with Crippen LogP contribution < -0.4 is 10.2 Å². The fraction of sp³-hybridized carbons (Fsp3) is 0.278. The highest BCUT2D eigenvalue weighted by Crippen LogP contribution is 2.19. The molecule has 0 aliphatic carbocycles. The van der Waals surface area contributed by atoms with Gasteiger partial charge in [-0.25, -0.2) is 0 Å². The number of hydrogen-bond acceptors (Lipinski definition) is 4. The van der Waals surface area contributed by atoms with Crippen molar-refractivity contribution in [3.8, 4) is 5.75 Å². The van der Waals surface area contributed by atoms with E-state index < -0.39 is 0 Å². The highest BCUT2D eigenvalue weighted by Gasteiger charge is 2.20. The summed E-state index contributed by atoms with van der Waals surface area (Å²) in [6.45, 7) is 3.37. The molecule has 1 saturated heterocycles. The Labute approximate surface area is 136 Å². The highest BCUT2D eigenvalue weighted by atomic mass is 16.3. The van der Waals surface area contributed by atoms with Gasteiger partial charge in [-0.1, -0.05) is 18.2 Å². The van der Waals surface area contributed by atoms with Crippen LogP contribution in [0.2, 0.25) is 0 Å². The van der Waals surface area contributed by atoms with Gasteiger partial charge in [0.15, 0.2) is 0 Å². The monoisotopic (exact) mass is 311 g/mol. The van der Waals surface area contributed by atoms with E-state index in [1.54, 1.807) is 12.1 Å². The number of phenolic OH excluding ortho intramolecular Hbond substituents is 1. The molecule has 1 fully saturated rings. The van der Waals surface area contributed by atoms with Gasteiger partial charge in [-0.3, -0.25) is 4.79 Å². The van der Waals surface area contributed by atoms with E-state index in [1.165, 1.54) is 0 Å². The number of para-hydroxylation sites is 1. The number of nitrogens with one attached hydrogen (secondary N) is 1. The Hall–Kier alpha value is -2.69. The predicted molar refractivity (Wildman–Crippen MR) is 91.8 cm³/mol. The van der Waals surface area contributed by atoms with Gasteiger partial charge in [0.25, 0.3) is 0 Å². The van der Waals surface area contributed by atoms with Crippen molar-refractivity contribution in [1.29, 1.82) is 0 Å². The second kappa shape index (κ2) is 7.05. The summed E-state index contributed by atoms with van der Waals surface area (Å²) in [5.74, 6) is 0.397. The second-order valence-electron chi connectivity index (χ2n) is 5.60. The first-order chi connectivity index (χ1) is 11.2. The van der Waals surface area contributed by atoms with Gasteiger partial charge in [-0.2, -0.15) is 0 Å². The van der Waals surface area contributed by atoms with Gasteiger partial charge < -0.3 is 20.2 Å². The summed E-state index contributed by atoms with van der Waals surface area (Å²) in [5, 5.41) is 12.5. The molecule has 0 unspecified atom stereocenters. The number of aromatic hydroxyl groups is 1. The summed E-state index contributed by atoms with van der Waals surface area (Å²) in [6, 6.07) is 17.0. The van der Waals surface area contributed by atoms with Gasteiger partial charge in [0.2, 0.25) is 5.91 Å². The van der Waals surface area contributed by atoms with Crippen LogP contribution in [-0.2, 0) is 4.79 Å². The maximum absolute atomic E-state index is 12.3. The lowest BCUT2D eigenvalue weighted by Gasteiger charge is -2.36. The van der Waals surface area contributed by atoms with Crippen molar-refractivity contribution in [1.82, 2.24) is 4.90 Å². The van der Waals surface area contributed by atoms with Gasteiger partial charge in [-0.05, 0) is 36.4 Å². The molecular weight excluding hydrogens is 290 g/mol. The second-order valence-corrected chi connectivity index (χ2v) is 5.60. The molecule has 3 rings (SSSR count). The third-order valence-corrected chi connectivity index (χ3v) is 4.06. The van der Waals surface area contributed by atoms with E-state index in [4.69, 9.17) is 0 Å². The molecule has 5 nitrogen and oxygen atoms in total. The Kier molecular flexibility index (Phi) is 4.66. The topological polar surface area (TPSA) is 55.8 Å². The van der Waals surface area contributed by atoms with Crippen LogP contribution in [0.5, 0.6) is 5.75 Å². The van der Waals surface area contributed by atoms with E-state index in [9.17, 15) is 9.90 Å². The van der Waals surface area contributed by atoms with Gasteiger partial charge in [0, 0.05) is 37.6 Å². The molecule has 1 aliphatic heterocycles. The molecule has 120 valence electrons. The molecule has 0 bridgehead atoms. The fourth-order valence-electron chi connectivity index (χ4n) is 2.72. The van der Waals surface area contributed by atoms with Crippen LogP contribution in [0.1, 0.15) is 0 Å². The Morgan fingerprint density at radius 1 is 0.957 bits per heavy atom. The average molecular weight is 311 g/mol. The van der Waals surface area contributed by atoms with Crippen LogP contribution in [0, 0.1) is 0 Å². The summed E-state index contributed by atoms with van der Waals surface area (Å²) in [5.41, 5.74) is 2.04. The van der Waals surface area contributed by atoms with Crippen LogP contribution in [-0.4, -0.2) is 48.6 Å². The summed E-state index contributed by atoms with van der Waals surface area (Å²) in [6.07, 6.45) is 0.